The highest BCUT2D eigenvalue weighted by Crippen LogP contribution is 2.16. The van der Waals surface area contributed by atoms with Crippen molar-refractivity contribution in [1.82, 2.24) is 20.0 Å². The lowest BCUT2D eigenvalue weighted by Gasteiger charge is -2.27. The van der Waals surface area contributed by atoms with E-state index in [1.807, 2.05) is 35.9 Å². The number of nitrogens with one attached hydrogen (secondary N) is 1. The molecular formula is C26H32N4O. The van der Waals surface area contributed by atoms with Crippen LogP contribution in [0.5, 0.6) is 0 Å². The number of hydrogen-bond donors (Lipinski definition) is 1. The average molecular weight is 417 g/mol. The van der Waals surface area contributed by atoms with Gasteiger partial charge in [-0.2, -0.15) is 5.10 Å². The number of piperidine rings is 1. The smallest absolute Gasteiger partial charge is 0.251 e. The fraction of sp³-hybridized carbons (Fsp3) is 0.385. The molecule has 2 heterocycles. The van der Waals surface area contributed by atoms with Gasteiger partial charge < -0.3 is 5.32 Å². The van der Waals surface area contributed by atoms with Crippen LogP contribution >= 0.6 is 0 Å². The molecule has 0 bridgehead atoms. The Morgan fingerprint density at radius 3 is 2.32 bits per heavy atom. The molecule has 162 valence electrons. The summed E-state index contributed by atoms with van der Waals surface area (Å²) in [6.45, 7) is 8.64. The van der Waals surface area contributed by atoms with Gasteiger partial charge in [0.2, 0.25) is 0 Å². The van der Waals surface area contributed by atoms with Gasteiger partial charge in [-0.25, -0.2) is 0 Å². The van der Waals surface area contributed by atoms with E-state index in [0.29, 0.717) is 18.7 Å². The van der Waals surface area contributed by atoms with Crippen molar-refractivity contribution in [2.75, 3.05) is 13.1 Å². The topological polar surface area (TPSA) is 50.2 Å². The van der Waals surface area contributed by atoms with Crippen molar-refractivity contribution in [1.29, 1.82) is 0 Å². The minimum absolute atomic E-state index is 0.0366. The van der Waals surface area contributed by atoms with Gasteiger partial charge in [-0.3, -0.25) is 14.4 Å². The number of benzene rings is 2. The molecule has 1 fully saturated rings. The molecule has 1 aliphatic rings. The van der Waals surface area contributed by atoms with Gasteiger partial charge in [-0.1, -0.05) is 42.8 Å². The number of carbonyl (C=O) groups excluding carboxylic acids is 1. The maximum Gasteiger partial charge on any atom is 0.251 e. The average Bonchev–Trinajstić information content (AvgIpc) is 3.10. The van der Waals surface area contributed by atoms with Crippen LogP contribution in [0.4, 0.5) is 0 Å². The van der Waals surface area contributed by atoms with Crippen LogP contribution in [0, 0.1) is 13.8 Å². The molecule has 31 heavy (non-hydrogen) atoms. The summed E-state index contributed by atoms with van der Waals surface area (Å²) in [7, 11) is 0. The number of hydrogen-bond acceptors (Lipinski definition) is 3. The van der Waals surface area contributed by atoms with Crippen molar-refractivity contribution in [3.63, 3.8) is 0 Å². The first-order valence-corrected chi connectivity index (χ1v) is 11.3. The minimum atomic E-state index is -0.0366. The summed E-state index contributed by atoms with van der Waals surface area (Å²) in [5, 5.41) is 7.61. The molecule has 2 aromatic carbocycles. The quantitative estimate of drug-likeness (QED) is 0.618. The van der Waals surface area contributed by atoms with Gasteiger partial charge in [0.15, 0.2) is 0 Å². The predicted molar refractivity (Wildman–Crippen MR) is 124 cm³/mol. The molecule has 5 nitrogen and oxygen atoms in total. The van der Waals surface area contributed by atoms with Crippen LogP contribution in [-0.2, 0) is 19.6 Å². The Morgan fingerprint density at radius 2 is 1.65 bits per heavy atom. The van der Waals surface area contributed by atoms with Crippen molar-refractivity contribution in [3.8, 4) is 0 Å². The maximum atomic E-state index is 12.7. The highest BCUT2D eigenvalue weighted by Gasteiger charge is 2.13. The number of rotatable bonds is 7. The zero-order valence-corrected chi connectivity index (χ0v) is 18.6. The summed E-state index contributed by atoms with van der Waals surface area (Å²) in [6.07, 6.45) is 3.91. The lowest BCUT2D eigenvalue weighted by atomic mass is 10.0. The lowest BCUT2D eigenvalue weighted by molar-refractivity contribution is 0.0950. The molecule has 0 spiro atoms. The summed E-state index contributed by atoms with van der Waals surface area (Å²) < 4.78 is 1.99. The molecule has 0 radical (unpaired) electrons. The van der Waals surface area contributed by atoms with E-state index in [1.165, 1.54) is 43.5 Å². The second-order valence-electron chi connectivity index (χ2n) is 8.57. The first-order chi connectivity index (χ1) is 15.1. The standard InChI is InChI=1S/C26H32N4O/c1-20-16-21(2)30(28-20)18-22-10-12-23(13-11-22)26(31)27-17-24-8-4-5-9-25(24)19-29-14-6-3-7-15-29/h4-5,8-13,16H,3,6-7,14-15,17-19H2,1-2H3,(H,27,31). The van der Waals surface area contributed by atoms with E-state index in [4.69, 9.17) is 0 Å². The van der Waals surface area contributed by atoms with Gasteiger partial charge in [-0.15, -0.1) is 0 Å². The molecule has 1 N–H and O–H groups in total. The third-order valence-electron chi connectivity index (χ3n) is 6.05. The van der Waals surface area contributed by atoms with E-state index >= 15 is 0 Å². The largest absolute Gasteiger partial charge is 0.348 e. The summed E-state index contributed by atoms with van der Waals surface area (Å²) >= 11 is 0. The highest BCUT2D eigenvalue weighted by molar-refractivity contribution is 5.94. The number of carbonyl (C=O) groups is 1. The van der Waals surface area contributed by atoms with Crippen LogP contribution in [-0.4, -0.2) is 33.7 Å². The third-order valence-corrected chi connectivity index (χ3v) is 6.05. The van der Waals surface area contributed by atoms with E-state index < -0.39 is 0 Å². The van der Waals surface area contributed by atoms with E-state index in [1.54, 1.807) is 0 Å². The Hall–Kier alpha value is -2.92. The fourth-order valence-corrected chi connectivity index (χ4v) is 4.29. The van der Waals surface area contributed by atoms with E-state index in [0.717, 1.165) is 23.5 Å². The SMILES string of the molecule is Cc1cc(C)n(Cc2ccc(C(=O)NCc3ccccc3CN3CCCCC3)cc2)n1. The minimum Gasteiger partial charge on any atom is -0.348 e. The molecule has 0 saturated carbocycles. The maximum absolute atomic E-state index is 12.7. The summed E-state index contributed by atoms with van der Waals surface area (Å²) in [4.78, 5) is 15.2. The second kappa shape index (κ2) is 9.92. The van der Waals surface area contributed by atoms with Crippen molar-refractivity contribution < 1.29 is 4.79 Å². The second-order valence-corrected chi connectivity index (χ2v) is 8.57. The van der Waals surface area contributed by atoms with Crippen molar-refractivity contribution in [2.45, 2.75) is 52.7 Å². The van der Waals surface area contributed by atoms with E-state index in [9.17, 15) is 4.79 Å². The molecule has 1 aliphatic heterocycles. The normalized spacial score (nSPS) is 14.5. The number of nitrogens with zero attached hydrogens (tertiary/aromatic N) is 3. The van der Waals surface area contributed by atoms with Crippen LogP contribution in [0.25, 0.3) is 0 Å². The monoisotopic (exact) mass is 416 g/mol. The molecule has 1 amide bonds. The van der Waals surface area contributed by atoms with Crippen LogP contribution in [0.2, 0.25) is 0 Å². The Bertz CT molecular complexity index is 1020. The van der Waals surface area contributed by atoms with Gasteiger partial charge in [-0.05, 0) is 74.7 Å². The van der Waals surface area contributed by atoms with Gasteiger partial charge in [0.1, 0.15) is 0 Å². The van der Waals surface area contributed by atoms with Gasteiger partial charge in [0.25, 0.3) is 5.91 Å². The summed E-state index contributed by atoms with van der Waals surface area (Å²) in [5.74, 6) is -0.0366. The first kappa shape index (κ1) is 21.3. The first-order valence-electron chi connectivity index (χ1n) is 11.3. The zero-order chi connectivity index (χ0) is 21.6. The number of amides is 1. The van der Waals surface area contributed by atoms with Crippen molar-refractivity contribution >= 4 is 5.91 Å². The molecule has 1 aromatic heterocycles. The summed E-state index contributed by atoms with van der Waals surface area (Å²) in [6, 6.07) is 18.3. The Balaban J connectivity index is 1.35. The van der Waals surface area contributed by atoms with Gasteiger partial charge in [0, 0.05) is 24.3 Å². The number of aryl methyl sites for hydroxylation is 2. The highest BCUT2D eigenvalue weighted by atomic mass is 16.1. The van der Waals surface area contributed by atoms with Crippen LogP contribution in [0.15, 0.2) is 54.6 Å². The molecule has 5 heteroatoms. The molecule has 0 atom stereocenters. The Kier molecular flexibility index (Phi) is 6.82. The summed E-state index contributed by atoms with van der Waals surface area (Å²) in [5.41, 5.74) is 6.49. The van der Waals surface area contributed by atoms with E-state index in [-0.39, 0.29) is 5.91 Å². The van der Waals surface area contributed by atoms with Crippen molar-refractivity contribution in [2.24, 2.45) is 0 Å². The molecule has 0 aliphatic carbocycles. The van der Waals surface area contributed by atoms with Crippen LogP contribution in [0.3, 0.4) is 0 Å². The van der Waals surface area contributed by atoms with Crippen LogP contribution < -0.4 is 5.32 Å². The zero-order valence-electron chi connectivity index (χ0n) is 18.6. The molecular weight excluding hydrogens is 384 g/mol. The lowest BCUT2D eigenvalue weighted by Crippen LogP contribution is -2.30. The molecule has 4 rings (SSSR count). The Morgan fingerprint density at radius 1 is 0.935 bits per heavy atom. The molecule has 0 unspecified atom stereocenters. The molecule has 1 saturated heterocycles. The fourth-order valence-electron chi connectivity index (χ4n) is 4.29. The van der Waals surface area contributed by atoms with Gasteiger partial charge >= 0.3 is 0 Å². The third kappa shape index (κ3) is 5.61. The van der Waals surface area contributed by atoms with Crippen molar-refractivity contribution in [3.05, 3.63) is 88.2 Å². The number of likely N-dealkylation sites (tertiary alicyclic amines) is 1. The molecule has 3 aromatic rings. The Labute approximate surface area is 185 Å². The predicted octanol–water partition coefficient (Wildman–Crippen LogP) is 4.46. The van der Waals surface area contributed by atoms with Crippen LogP contribution in [0.1, 0.15) is 57.7 Å². The van der Waals surface area contributed by atoms with E-state index in [2.05, 4.69) is 52.6 Å². The van der Waals surface area contributed by atoms with Gasteiger partial charge in [0.05, 0.1) is 12.2 Å². The number of aromatic nitrogens is 2.